The monoisotopic (exact) mass is 459 g/mol. The molecule has 3 N–H and O–H groups in total. The average molecular weight is 459 g/mol. The van der Waals surface area contributed by atoms with E-state index >= 15 is 0 Å². The van der Waals surface area contributed by atoms with Gasteiger partial charge in [-0.15, -0.1) is 0 Å². The molecule has 0 fully saturated rings. The van der Waals surface area contributed by atoms with Gasteiger partial charge >= 0.3 is 0 Å². The molecule has 34 heavy (non-hydrogen) atoms. The number of anilines is 1. The fraction of sp³-hybridized carbons (Fsp3) is 0.130. The van der Waals surface area contributed by atoms with Gasteiger partial charge in [-0.3, -0.25) is 19.4 Å². The van der Waals surface area contributed by atoms with Crippen molar-refractivity contribution in [3.8, 4) is 5.75 Å². The smallest absolute Gasteiger partial charge is 0.298 e. The van der Waals surface area contributed by atoms with Gasteiger partial charge in [-0.2, -0.15) is 5.10 Å². The van der Waals surface area contributed by atoms with Crippen LogP contribution in [0.15, 0.2) is 60.9 Å². The number of nitrogens with zero attached hydrogens (tertiary/aromatic N) is 4. The van der Waals surface area contributed by atoms with E-state index < -0.39 is 11.8 Å². The molecule has 0 saturated heterocycles. The van der Waals surface area contributed by atoms with Gasteiger partial charge in [-0.1, -0.05) is 12.1 Å². The third-order valence-electron chi connectivity index (χ3n) is 4.92. The van der Waals surface area contributed by atoms with Crippen LogP contribution in [-0.4, -0.2) is 44.9 Å². The van der Waals surface area contributed by atoms with Crippen LogP contribution in [-0.2, 0) is 17.9 Å². The highest BCUT2D eigenvalue weighted by molar-refractivity contribution is 5.98. The van der Waals surface area contributed by atoms with Crippen LogP contribution in [0.5, 0.6) is 5.75 Å². The number of amides is 2. The van der Waals surface area contributed by atoms with Gasteiger partial charge in [0.15, 0.2) is 11.4 Å². The van der Waals surface area contributed by atoms with Crippen molar-refractivity contribution < 1.29 is 19.1 Å². The van der Waals surface area contributed by atoms with Gasteiger partial charge in [0.05, 0.1) is 24.1 Å². The Labute approximate surface area is 194 Å². The summed E-state index contributed by atoms with van der Waals surface area (Å²) in [5.41, 5.74) is 2.68. The molecule has 0 radical (unpaired) electrons. The fourth-order valence-electron chi connectivity index (χ4n) is 3.27. The number of hydrogen-bond acceptors (Lipinski definition) is 8. The second-order valence-corrected chi connectivity index (χ2v) is 7.11. The Morgan fingerprint density at radius 1 is 1.03 bits per heavy atom. The highest BCUT2D eigenvalue weighted by Gasteiger charge is 2.18. The normalized spacial score (nSPS) is 10.5. The Morgan fingerprint density at radius 3 is 2.65 bits per heavy atom. The summed E-state index contributed by atoms with van der Waals surface area (Å²) in [7, 11) is 1.69. The molecule has 11 nitrogen and oxygen atoms in total. The number of ether oxygens (including phenoxy) is 1. The Morgan fingerprint density at radius 2 is 1.88 bits per heavy atom. The molecular formula is C23H21N7O4. The van der Waals surface area contributed by atoms with Crippen LogP contribution < -0.4 is 20.7 Å². The summed E-state index contributed by atoms with van der Waals surface area (Å²) in [5, 5.41) is 12.6. The zero-order valence-corrected chi connectivity index (χ0v) is 18.2. The van der Waals surface area contributed by atoms with Gasteiger partial charge in [0, 0.05) is 31.9 Å². The van der Waals surface area contributed by atoms with Crippen molar-refractivity contribution in [2.75, 3.05) is 12.4 Å². The van der Waals surface area contributed by atoms with Gasteiger partial charge in [0.2, 0.25) is 0 Å². The molecule has 11 heteroatoms. The van der Waals surface area contributed by atoms with Crippen molar-refractivity contribution in [3.05, 3.63) is 83.6 Å². The number of nitrogens with one attached hydrogen (secondary N) is 3. The lowest BCUT2D eigenvalue weighted by molar-refractivity contribution is -0.120. The molecule has 2 amide bonds. The predicted octanol–water partition coefficient (Wildman–Crippen LogP) is 1.56. The maximum absolute atomic E-state index is 12.8. The van der Waals surface area contributed by atoms with E-state index in [0.717, 1.165) is 5.56 Å². The summed E-state index contributed by atoms with van der Waals surface area (Å²) in [6.07, 6.45) is 3.15. The number of benzene rings is 1. The first-order valence-electron chi connectivity index (χ1n) is 10.3. The lowest BCUT2D eigenvalue weighted by atomic mass is 10.1. The van der Waals surface area contributed by atoms with Crippen LogP contribution >= 0.6 is 0 Å². The lowest BCUT2D eigenvalue weighted by Crippen LogP contribution is -2.28. The molecule has 4 aromatic rings. The van der Waals surface area contributed by atoms with Gasteiger partial charge in [0.1, 0.15) is 11.4 Å². The van der Waals surface area contributed by atoms with Gasteiger partial charge in [0.25, 0.3) is 18.3 Å². The van der Waals surface area contributed by atoms with Crippen LogP contribution in [0.4, 0.5) is 5.69 Å². The van der Waals surface area contributed by atoms with Gasteiger partial charge in [-0.25, -0.2) is 9.50 Å². The highest BCUT2D eigenvalue weighted by atomic mass is 16.5. The van der Waals surface area contributed by atoms with Crippen LogP contribution in [0.1, 0.15) is 32.2 Å². The highest BCUT2D eigenvalue weighted by Crippen LogP contribution is 2.24. The van der Waals surface area contributed by atoms with E-state index in [1.807, 2.05) is 6.07 Å². The Kier molecular flexibility index (Phi) is 6.73. The number of rotatable bonds is 9. The van der Waals surface area contributed by atoms with Crippen LogP contribution in [0, 0.1) is 0 Å². The van der Waals surface area contributed by atoms with Crippen molar-refractivity contribution in [2.24, 2.45) is 0 Å². The van der Waals surface area contributed by atoms with Crippen LogP contribution in [0.2, 0.25) is 0 Å². The predicted molar refractivity (Wildman–Crippen MR) is 122 cm³/mol. The lowest BCUT2D eigenvalue weighted by Gasteiger charge is -2.11. The molecule has 0 bridgehead atoms. The van der Waals surface area contributed by atoms with E-state index in [4.69, 9.17) is 4.74 Å². The van der Waals surface area contributed by atoms with Crippen molar-refractivity contribution >= 4 is 29.6 Å². The second kappa shape index (κ2) is 10.2. The van der Waals surface area contributed by atoms with Gasteiger partial charge < -0.3 is 20.7 Å². The number of pyridine rings is 1. The quantitative estimate of drug-likeness (QED) is 0.321. The number of carbonyl (C=O) groups excluding carboxylic acids is 3. The summed E-state index contributed by atoms with van der Waals surface area (Å²) >= 11 is 0. The van der Waals surface area contributed by atoms with Crippen molar-refractivity contribution in [1.29, 1.82) is 0 Å². The molecule has 0 spiro atoms. The molecule has 3 heterocycles. The zero-order chi connectivity index (χ0) is 23.9. The first-order chi connectivity index (χ1) is 16.6. The second-order valence-electron chi connectivity index (χ2n) is 7.11. The third-order valence-corrected chi connectivity index (χ3v) is 4.92. The van der Waals surface area contributed by atoms with E-state index in [0.29, 0.717) is 29.3 Å². The molecule has 0 saturated carbocycles. The third kappa shape index (κ3) is 4.99. The first-order valence-corrected chi connectivity index (χ1v) is 10.3. The van der Waals surface area contributed by atoms with Gasteiger partial charge in [-0.05, 0) is 29.8 Å². The van der Waals surface area contributed by atoms with Crippen molar-refractivity contribution in [1.82, 2.24) is 30.2 Å². The maximum atomic E-state index is 12.8. The fourth-order valence-corrected chi connectivity index (χ4v) is 3.27. The van der Waals surface area contributed by atoms with E-state index in [1.54, 1.807) is 49.6 Å². The van der Waals surface area contributed by atoms with Crippen molar-refractivity contribution in [2.45, 2.75) is 13.1 Å². The molecule has 4 rings (SSSR count). The minimum absolute atomic E-state index is 0.0748. The molecular weight excluding hydrogens is 438 g/mol. The number of fused-ring (bicyclic) bond motifs is 1. The number of carbonyl (C=O) groups is 3. The summed E-state index contributed by atoms with van der Waals surface area (Å²) in [6, 6.07) is 13.5. The van der Waals surface area contributed by atoms with Crippen LogP contribution in [0.3, 0.4) is 0 Å². The maximum Gasteiger partial charge on any atom is 0.298 e. The van der Waals surface area contributed by atoms with E-state index in [-0.39, 0.29) is 24.5 Å². The summed E-state index contributed by atoms with van der Waals surface area (Å²) in [5.74, 6) is -0.497. The summed E-state index contributed by atoms with van der Waals surface area (Å²) in [6.45, 7) is 0.770. The molecule has 1 aromatic carbocycles. The van der Waals surface area contributed by atoms with Crippen LogP contribution in [0.25, 0.3) is 5.65 Å². The Balaban J connectivity index is 1.50. The van der Waals surface area contributed by atoms with E-state index in [9.17, 15) is 14.4 Å². The Bertz CT molecular complexity index is 1340. The summed E-state index contributed by atoms with van der Waals surface area (Å²) < 4.78 is 6.27. The summed E-state index contributed by atoms with van der Waals surface area (Å²) in [4.78, 5) is 44.8. The largest absolute Gasteiger partial charge is 0.427 e. The molecule has 0 aliphatic carbocycles. The van der Waals surface area contributed by atoms with E-state index in [1.165, 1.54) is 16.8 Å². The molecule has 0 unspecified atom stereocenters. The van der Waals surface area contributed by atoms with Crippen molar-refractivity contribution in [3.63, 3.8) is 0 Å². The minimum atomic E-state index is -0.457. The molecule has 3 aromatic heterocycles. The molecule has 0 aliphatic heterocycles. The first kappa shape index (κ1) is 22.4. The molecule has 0 aliphatic rings. The zero-order valence-electron chi connectivity index (χ0n) is 18.2. The molecule has 0 atom stereocenters. The molecule has 172 valence electrons. The SMILES string of the molecule is CNc1cc(CNC(=O)c2cc(C(=O)NCc3ccccn3)n3nccc3n2)ccc1OC=O. The Hall–Kier alpha value is -4.80. The minimum Gasteiger partial charge on any atom is -0.427 e. The standard InChI is InChI=1S/C23H21N7O4/c1-24-17-10-15(5-6-20(17)34-14-31)12-26-22(32)18-11-19(30-21(29-18)7-9-28-30)23(33)27-13-16-4-2-3-8-25-16/h2-11,14,24H,12-13H2,1H3,(H,26,32)(H,27,33). The topological polar surface area (TPSA) is 140 Å². The number of hydrogen-bond donors (Lipinski definition) is 3. The average Bonchev–Trinajstić information content (AvgIpc) is 3.35. The van der Waals surface area contributed by atoms with E-state index in [2.05, 4.69) is 31.0 Å². The number of aromatic nitrogens is 4.